The summed E-state index contributed by atoms with van der Waals surface area (Å²) in [5, 5.41) is 0.721. The maximum Gasteiger partial charge on any atom is 0.0407 e. The standard InChI is InChI=1S/C7H15N.C6H6ClN/c1-7-4-3-5-8(2)6-7;7-5-1-3-6(8)4-2-5/h7H,3-6H2,1-2H3;1-4H,8H2. The van der Waals surface area contributed by atoms with Gasteiger partial charge in [-0.15, -0.1) is 0 Å². The Bertz CT molecular complexity index is 268. The molecule has 0 bridgehead atoms. The average Bonchev–Trinajstić information content (AvgIpc) is 2.23. The summed E-state index contributed by atoms with van der Waals surface area (Å²) in [7, 11) is 2.20. The highest BCUT2D eigenvalue weighted by Crippen LogP contribution is 2.12. The second kappa shape index (κ2) is 6.77. The predicted molar refractivity (Wildman–Crippen MR) is 71.8 cm³/mol. The van der Waals surface area contributed by atoms with E-state index in [2.05, 4.69) is 18.9 Å². The van der Waals surface area contributed by atoms with E-state index < -0.39 is 0 Å². The van der Waals surface area contributed by atoms with Crippen molar-refractivity contribution in [2.75, 3.05) is 25.9 Å². The molecule has 2 rings (SSSR count). The summed E-state index contributed by atoms with van der Waals surface area (Å²) < 4.78 is 0. The topological polar surface area (TPSA) is 29.3 Å². The minimum absolute atomic E-state index is 0.721. The Morgan fingerprint density at radius 2 is 1.94 bits per heavy atom. The first-order chi connectivity index (χ1) is 7.58. The molecule has 3 heteroatoms. The quantitative estimate of drug-likeness (QED) is 0.706. The number of hydrogen-bond acceptors (Lipinski definition) is 2. The van der Waals surface area contributed by atoms with Crippen LogP contribution in [-0.2, 0) is 0 Å². The van der Waals surface area contributed by atoms with E-state index in [1.54, 1.807) is 24.3 Å². The number of nitrogen functional groups attached to an aromatic ring is 1. The highest BCUT2D eigenvalue weighted by atomic mass is 35.5. The lowest BCUT2D eigenvalue weighted by atomic mass is 10.0. The maximum absolute atomic E-state index is 5.56. The van der Waals surface area contributed by atoms with Crippen molar-refractivity contribution < 1.29 is 0 Å². The Morgan fingerprint density at radius 3 is 2.31 bits per heavy atom. The van der Waals surface area contributed by atoms with Crippen LogP contribution in [0.1, 0.15) is 19.8 Å². The minimum atomic E-state index is 0.721. The van der Waals surface area contributed by atoms with Gasteiger partial charge < -0.3 is 10.6 Å². The molecule has 0 saturated carbocycles. The van der Waals surface area contributed by atoms with Crippen LogP contribution in [0.3, 0.4) is 0 Å². The van der Waals surface area contributed by atoms with Gasteiger partial charge in [0.2, 0.25) is 0 Å². The van der Waals surface area contributed by atoms with Crippen molar-refractivity contribution in [3.8, 4) is 0 Å². The van der Waals surface area contributed by atoms with E-state index in [0.717, 1.165) is 16.6 Å². The summed E-state index contributed by atoms with van der Waals surface area (Å²) in [6, 6.07) is 7.05. The van der Waals surface area contributed by atoms with Gasteiger partial charge in [0, 0.05) is 17.3 Å². The number of benzene rings is 1. The van der Waals surface area contributed by atoms with Crippen molar-refractivity contribution in [1.29, 1.82) is 0 Å². The molecule has 1 aromatic rings. The van der Waals surface area contributed by atoms with E-state index in [9.17, 15) is 0 Å². The van der Waals surface area contributed by atoms with Crippen molar-refractivity contribution in [3.05, 3.63) is 29.3 Å². The van der Waals surface area contributed by atoms with Crippen LogP contribution in [0.4, 0.5) is 5.69 Å². The van der Waals surface area contributed by atoms with Crippen LogP contribution in [0, 0.1) is 5.92 Å². The fourth-order valence-electron chi connectivity index (χ4n) is 1.89. The molecule has 0 aliphatic carbocycles. The summed E-state index contributed by atoms with van der Waals surface area (Å²) in [5.74, 6) is 0.939. The summed E-state index contributed by atoms with van der Waals surface area (Å²) in [6.45, 7) is 4.94. The van der Waals surface area contributed by atoms with Gasteiger partial charge in [-0.05, 0) is 56.6 Å². The lowest BCUT2D eigenvalue weighted by Crippen LogP contribution is -2.30. The fourth-order valence-corrected chi connectivity index (χ4v) is 2.01. The van der Waals surface area contributed by atoms with Gasteiger partial charge >= 0.3 is 0 Å². The van der Waals surface area contributed by atoms with Crippen LogP contribution in [0.5, 0.6) is 0 Å². The monoisotopic (exact) mass is 240 g/mol. The molecule has 1 aliphatic heterocycles. The zero-order valence-electron chi connectivity index (χ0n) is 10.1. The molecular weight excluding hydrogens is 220 g/mol. The lowest BCUT2D eigenvalue weighted by molar-refractivity contribution is 0.221. The van der Waals surface area contributed by atoms with Crippen molar-refractivity contribution in [3.63, 3.8) is 0 Å². The van der Waals surface area contributed by atoms with E-state index in [4.69, 9.17) is 17.3 Å². The SMILES string of the molecule is CC1CCCN(C)C1.Nc1ccc(Cl)cc1. The molecule has 0 aromatic heterocycles. The molecular formula is C13H21ClN2. The summed E-state index contributed by atoms with van der Waals surface area (Å²) >= 11 is 5.56. The molecule has 0 amide bonds. The van der Waals surface area contributed by atoms with Gasteiger partial charge in [0.05, 0.1) is 0 Å². The third kappa shape index (κ3) is 5.38. The van der Waals surface area contributed by atoms with Gasteiger partial charge in [-0.3, -0.25) is 0 Å². The smallest absolute Gasteiger partial charge is 0.0407 e. The number of likely N-dealkylation sites (tertiary alicyclic amines) is 1. The van der Waals surface area contributed by atoms with Gasteiger partial charge in [0.1, 0.15) is 0 Å². The first kappa shape index (κ1) is 13.3. The summed E-state index contributed by atoms with van der Waals surface area (Å²) in [5.41, 5.74) is 6.11. The molecule has 1 unspecified atom stereocenters. The number of piperidine rings is 1. The number of hydrogen-bond donors (Lipinski definition) is 1. The van der Waals surface area contributed by atoms with Crippen LogP contribution in [0.2, 0.25) is 5.02 Å². The van der Waals surface area contributed by atoms with Gasteiger partial charge in [0.15, 0.2) is 0 Å². The van der Waals surface area contributed by atoms with E-state index in [-0.39, 0.29) is 0 Å². The van der Waals surface area contributed by atoms with Crippen molar-refractivity contribution in [2.24, 2.45) is 5.92 Å². The Kier molecular flexibility index (Phi) is 5.64. The lowest BCUT2D eigenvalue weighted by Gasteiger charge is -2.26. The summed E-state index contributed by atoms with van der Waals surface area (Å²) in [6.07, 6.45) is 2.84. The Labute approximate surface area is 103 Å². The van der Waals surface area contributed by atoms with Crippen LogP contribution in [0.25, 0.3) is 0 Å². The largest absolute Gasteiger partial charge is 0.399 e. The molecule has 16 heavy (non-hydrogen) atoms. The van der Waals surface area contributed by atoms with Crippen LogP contribution >= 0.6 is 11.6 Å². The Hall–Kier alpha value is -0.730. The molecule has 1 aromatic carbocycles. The molecule has 0 radical (unpaired) electrons. The molecule has 90 valence electrons. The second-order valence-electron chi connectivity index (χ2n) is 4.56. The van der Waals surface area contributed by atoms with E-state index in [0.29, 0.717) is 0 Å². The van der Waals surface area contributed by atoms with Gasteiger partial charge in [-0.25, -0.2) is 0 Å². The van der Waals surface area contributed by atoms with E-state index >= 15 is 0 Å². The zero-order valence-corrected chi connectivity index (χ0v) is 10.9. The number of halogens is 1. The highest BCUT2D eigenvalue weighted by Gasteiger charge is 2.11. The van der Waals surface area contributed by atoms with E-state index in [1.165, 1.54) is 25.9 Å². The molecule has 0 spiro atoms. The van der Waals surface area contributed by atoms with Gasteiger partial charge in [0.25, 0.3) is 0 Å². The van der Waals surface area contributed by atoms with Crippen molar-refractivity contribution in [2.45, 2.75) is 19.8 Å². The fraction of sp³-hybridized carbons (Fsp3) is 0.538. The number of nitrogens with two attached hydrogens (primary N) is 1. The van der Waals surface area contributed by atoms with Gasteiger partial charge in [-0.1, -0.05) is 18.5 Å². The predicted octanol–water partition coefficient (Wildman–Crippen LogP) is 3.27. The summed E-state index contributed by atoms with van der Waals surface area (Å²) in [4.78, 5) is 2.41. The molecule has 2 nitrogen and oxygen atoms in total. The zero-order chi connectivity index (χ0) is 12.0. The molecule has 2 N–H and O–H groups in total. The Balaban J connectivity index is 0.000000160. The molecule has 1 fully saturated rings. The van der Waals surface area contributed by atoms with Gasteiger partial charge in [-0.2, -0.15) is 0 Å². The van der Waals surface area contributed by atoms with Crippen LogP contribution in [-0.4, -0.2) is 25.0 Å². The van der Waals surface area contributed by atoms with Crippen LogP contribution in [0.15, 0.2) is 24.3 Å². The molecule has 1 heterocycles. The average molecular weight is 241 g/mol. The highest BCUT2D eigenvalue weighted by molar-refractivity contribution is 6.30. The van der Waals surface area contributed by atoms with Crippen molar-refractivity contribution in [1.82, 2.24) is 4.90 Å². The third-order valence-electron chi connectivity index (χ3n) is 2.73. The first-order valence-corrected chi connectivity index (χ1v) is 6.15. The van der Waals surface area contributed by atoms with Crippen LogP contribution < -0.4 is 5.73 Å². The first-order valence-electron chi connectivity index (χ1n) is 5.77. The number of nitrogens with zero attached hydrogens (tertiary/aromatic N) is 1. The molecule has 1 atom stereocenters. The number of rotatable bonds is 0. The maximum atomic E-state index is 5.56. The molecule has 1 saturated heterocycles. The van der Waals surface area contributed by atoms with E-state index in [1.807, 2.05) is 0 Å². The van der Waals surface area contributed by atoms with Crippen molar-refractivity contribution >= 4 is 17.3 Å². The Morgan fingerprint density at radius 1 is 1.31 bits per heavy atom. The second-order valence-corrected chi connectivity index (χ2v) is 5.00. The minimum Gasteiger partial charge on any atom is -0.399 e. The number of anilines is 1. The normalized spacial score (nSPS) is 21.1. The third-order valence-corrected chi connectivity index (χ3v) is 2.98. The molecule has 1 aliphatic rings.